The van der Waals surface area contributed by atoms with Gasteiger partial charge in [-0.25, -0.2) is 4.98 Å². The molecule has 2 aromatic rings. The third kappa shape index (κ3) is 5.00. The van der Waals surface area contributed by atoms with Crippen molar-refractivity contribution in [1.82, 2.24) is 14.9 Å². The number of amides is 1. The van der Waals surface area contributed by atoms with Crippen molar-refractivity contribution < 1.29 is 14.3 Å². The van der Waals surface area contributed by atoms with Gasteiger partial charge < -0.3 is 14.4 Å². The van der Waals surface area contributed by atoms with E-state index in [0.717, 1.165) is 17.7 Å². The highest BCUT2D eigenvalue weighted by Gasteiger charge is 2.28. The molecule has 1 unspecified atom stereocenters. The number of rotatable bonds is 6. The molecule has 1 aliphatic rings. The summed E-state index contributed by atoms with van der Waals surface area (Å²) in [6.45, 7) is 5.54. The van der Waals surface area contributed by atoms with Crippen LogP contribution in [0.3, 0.4) is 0 Å². The first-order valence-corrected chi connectivity index (χ1v) is 8.48. The number of nitrogens with zero attached hydrogens (tertiary/aromatic N) is 3. The van der Waals surface area contributed by atoms with Crippen LogP contribution in [-0.2, 0) is 16.1 Å². The van der Waals surface area contributed by atoms with Crippen molar-refractivity contribution in [2.75, 3.05) is 19.7 Å². The number of carbonyl (C=O) groups excluding carboxylic acids is 1. The standard InChI is InChI=1S/C19H23N3O3/c1-14-10-18(21-15(2)20-14)25-17-8-9-22(11-17)19(23)13-24-12-16-6-4-3-5-7-16/h3-7,10,17H,8-9,11-13H2,1-2H3. The molecule has 1 saturated heterocycles. The molecule has 0 spiro atoms. The molecule has 1 fully saturated rings. The Morgan fingerprint density at radius 1 is 1.24 bits per heavy atom. The topological polar surface area (TPSA) is 64.5 Å². The van der Waals surface area contributed by atoms with Crippen LogP contribution in [0.2, 0.25) is 0 Å². The molecular weight excluding hydrogens is 318 g/mol. The largest absolute Gasteiger partial charge is 0.472 e. The van der Waals surface area contributed by atoms with Gasteiger partial charge in [0.2, 0.25) is 11.8 Å². The van der Waals surface area contributed by atoms with E-state index >= 15 is 0 Å². The monoisotopic (exact) mass is 341 g/mol. The smallest absolute Gasteiger partial charge is 0.248 e. The van der Waals surface area contributed by atoms with Gasteiger partial charge in [0.25, 0.3) is 0 Å². The van der Waals surface area contributed by atoms with Crippen LogP contribution in [0, 0.1) is 13.8 Å². The molecule has 25 heavy (non-hydrogen) atoms. The Morgan fingerprint density at radius 3 is 2.80 bits per heavy atom. The van der Waals surface area contributed by atoms with Crippen LogP contribution in [0.15, 0.2) is 36.4 Å². The first-order chi connectivity index (χ1) is 12.1. The lowest BCUT2D eigenvalue weighted by atomic mass is 10.2. The van der Waals surface area contributed by atoms with E-state index in [9.17, 15) is 4.79 Å². The summed E-state index contributed by atoms with van der Waals surface area (Å²) in [6.07, 6.45) is 0.763. The van der Waals surface area contributed by atoms with E-state index in [1.54, 1.807) is 4.90 Å². The Morgan fingerprint density at radius 2 is 2.04 bits per heavy atom. The Bertz CT molecular complexity index is 701. The lowest BCUT2D eigenvalue weighted by Crippen LogP contribution is -2.33. The number of hydrogen-bond acceptors (Lipinski definition) is 5. The SMILES string of the molecule is Cc1cc(OC2CCN(C(=O)COCc3ccccc3)C2)nc(C)n1. The number of aromatic nitrogens is 2. The van der Waals surface area contributed by atoms with Crippen LogP contribution >= 0.6 is 0 Å². The Labute approximate surface area is 147 Å². The van der Waals surface area contributed by atoms with Crippen LogP contribution in [0.25, 0.3) is 0 Å². The summed E-state index contributed by atoms with van der Waals surface area (Å²) < 4.78 is 11.4. The van der Waals surface area contributed by atoms with Crippen molar-refractivity contribution in [2.45, 2.75) is 33.0 Å². The second-order valence-electron chi connectivity index (χ2n) is 6.24. The average Bonchev–Trinajstić information content (AvgIpc) is 3.03. The molecule has 132 valence electrons. The maximum atomic E-state index is 12.3. The Balaban J connectivity index is 1.44. The third-order valence-electron chi connectivity index (χ3n) is 4.06. The van der Waals surface area contributed by atoms with Crippen molar-refractivity contribution in [3.8, 4) is 5.88 Å². The lowest BCUT2D eigenvalue weighted by molar-refractivity contribution is -0.135. The molecule has 2 heterocycles. The minimum atomic E-state index is -0.0354. The van der Waals surface area contributed by atoms with E-state index in [1.165, 1.54) is 0 Å². The Kier molecular flexibility index (Phi) is 5.60. The lowest BCUT2D eigenvalue weighted by Gasteiger charge is -2.17. The summed E-state index contributed by atoms with van der Waals surface area (Å²) in [5, 5.41) is 0. The fraction of sp³-hybridized carbons (Fsp3) is 0.421. The van der Waals surface area contributed by atoms with Crippen molar-refractivity contribution in [3.63, 3.8) is 0 Å². The number of hydrogen-bond donors (Lipinski definition) is 0. The van der Waals surface area contributed by atoms with Crippen LogP contribution < -0.4 is 4.74 Å². The predicted molar refractivity (Wildman–Crippen MR) is 93.2 cm³/mol. The molecule has 0 saturated carbocycles. The molecule has 1 aromatic carbocycles. The summed E-state index contributed by atoms with van der Waals surface area (Å²) >= 11 is 0. The molecule has 1 aromatic heterocycles. The molecule has 0 aliphatic carbocycles. The van der Waals surface area contributed by atoms with Crippen LogP contribution in [0.4, 0.5) is 0 Å². The summed E-state index contributed by atoms with van der Waals surface area (Å²) in [6, 6.07) is 11.7. The van der Waals surface area contributed by atoms with Gasteiger partial charge in [0, 0.05) is 24.7 Å². The van der Waals surface area contributed by atoms with Crippen molar-refractivity contribution >= 4 is 5.91 Å². The van der Waals surface area contributed by atoms with Crippen molar-refractivity contribution in [3.05, 3.63) is 53.5 Å². The number of aryl methyl sites for hydroxylation is 2. The summed E-state index contributed by atoms with van der Waals surface area (Å²) in [5.41, 5.74) is 1.94. The molecule has 0 bridgehead atoms. The summed E-state index contributed by atoms with van der Waals surface area (Å²) in [7, 11) is 0. The number of benzene rings is 1. The maximum Gasteiger partial charge on any atom is 0.248 e. The van der Waals surface area contributed by atoms with Crippen LogP contribution in [-0.4, -0.2) is 46.6 Å². The maximum absolute atomic E-state index is 12.3. The van der Waals surface area contributed by atoms with Gasteiger partial charge in [-0.1, -0.05) is 30.3 Å². The molecule has 1 amide bonds. The van der Waals surface area contributed by atoms with E-state index in [4.69, 9.17) is 9.47 Å². The second-order valence-corrected chi connectivity index (χ2v) is 6.24. The van der Waals surface area contributed by atoms with Gasteiger partial charge in [-0.2, -0.15) is 4.98 Å². The quantitative estimate of drug-likeness (QED) is 0.807. The van der Waals surface area contributed by atoms with Crippen LogP contribution in [0.5, 0.6) is 5.88 Å². The van der Waals surface area contributed by atoms with E-state index in [1.807, 2.05) is 50.2 Å². The van der Waals surface area contributed by atoms with Gasteiger partial charge in [0.05, 0.1) is 13.2 Å². The van der Waals surface area contributed by atoms with Gasteiger partial charge in [0.15, 0.2) is 0 Å². The molecule has 3 rings (SSSR count). The van der Waals surface area contributed by atoms with E-state index in [0.29, 0.717) is 31.4 Å². The van der Waals surface area contributed by atoms with Gasteiger partial charge in [-0.3, -0.25) is 4.79 Å². The molecule has 1 atom stereocenters. The van der Waals surface area contributed by atoms with Gasteiger partial charge in [-0.15, -0.1) is 0 Å². The minimum Gasteiger partial charge on any atom is -0.472 e. The van der Waals surface area contributed by atoms with Gasteiger partial charge in [-0.05, 0) is 19.4 Å². The Hall–Kier alpha value is -2.47. The molecule has 6 nitrogen and oxygen atoms in total. The third-order valence-corrected chi connectivity index (χ3v) is 4.06. The molecule has 0 N–H and O–H groups in total. The molecule has 6 heteroatoms. The molecule has 1 aliphatic heterocycles. The van der Waals surface area contributed by atoms with Gasteiger partial charge >= 0.3 is 0 Å². The zero-order valence-corrected chi connectivity index (χ0v) is 14.6. The minimum absolute atomic E-state index is 0.00270. The van der Waals surface area contributed by atoms with E-state index in [2.05, 4.69) is 9.97 Å². The van der Waals surface area contributed by atoms with E-state index in [-0.39, 0.29) is 18.6 Å². The first-order valence-electron chi connectivity index (χ1n) is 8.48. The van der Waals surface area contributed by atoms with Crippen molar-refractivity contribution in [1.29, 1.82) is 0 Å². The second kappa shape index (κ2) is 8.07. The molecule has 0 radical (unpaired) electrons. The number of likely N-dealkylation sites (tertiary alicyclic amines) is 1. The number of carbonyl (C=O) groups is 1. The molecular formula is C19H23N3O3. The first kappa shape index (κ1) is 17.4. The van der Waals surface area contributed by atoms with Crippen LogP contribution in [0.1, 0.15) is 23.5 Å². The number of ether oxygens (including phenoxy) is 2. The van der Waals surface area contributed by atoms with E-state index < -0.39 is 0 Å². The summed E-state index contributed by atoms with van der Waals surface area (Å²) in [4.78, 5) is 22.6. The zero-order valence-electron chi connectivity index (χ0n) is 14.6. The normalized spacial score (nSPS) is 16.9. The summed E-state index contributed by atoms with van der Waals surface area (Å²) in [5.74, 6) is 1.26. The highest BCUT2D eigenvalue weighted by molar-refractivity contribution is 5.77. The van der Waals surface area contributed by atoms with Gasteiger partial charge in [0.1, 0.15) is 18.5 Å². The fourth-order valence-electron chi connectivity index (χ4n) is 2.89. The van der Waals surface area contributed by atoms with Crippen molar-refractivity contribution in [2.24, 2.45) is 0 Å². The fourth-order valence-corrected chi connectivity index (χ4v) is 2.89. The zero-order chi connectivity index (χ0) is 17.6. The average molecular weight is 341 g/mol. The highest BCUT2D eigenvalue weighted by atomic mass is 16.5. The predicted octanol–water partition coefficient (Wildman–Crippen LogP) is 2.29. The highest BCUT2D eigenvalue weighted by Crippen LogP contribution is 2.17.